The van der Waals surface area contributed by atoms with Crippen LogP contribution < -0.4 is 4.72 Å². The molecule has 1 saturated carbocycles. The highest BCUT2D eigenvalue weighted by Gasteiger charge is 2.31. The summed E-state index contributed by atoms with van der Waals surface area (Å²) >= 11 is 0. The molecular formula is C11H16N2O3S. The highest BCUT2D eigenvalue weighted by Crippen LogP contribution is 2.32. The molecule has 0 aliphatic heterocycles. The van der Waals surface area contributed by atoms with E-state index in [1.807, 2.05) is 6.92 Å². The van der Waals surface area contributed by atoms with Crippen molar-refractivity contribution in [3.05, 3.63) is 23.9 Å². The average Bonchev–Trinajstić information content (AvgIpc) is 3.12. The number of nitrogens with zero attached hydrogens (tertiary/aromatic N) is 1. The molecule has 0 spiro atoms. The summed E-state index contributed by atoms with van der Waals surface area (Å²) in [4.78, 5) is 3.84. The molecule has 0 aromatic carbocycles. The van der Waals surface area contributed by atoms with E-state index in [1.54, 1.807) is 6.07 Å². The Bertz CT molecular complexity index is 480. The Hall–Kier alpha value is -0.980. The van der Waals surface area contributed by atoms with Crippen LogP contribution in [0.5, 0.6) is 0 Å². The van der Waals surface area contributed by atoms with Crippen LogP contribution in [-0.4, -0.2) is 24.6 Å². The first-order valence-electron chi connectivity index (χ1n) is 5.61. The molecule has 1 heterocycles. The third kappa shape index (κ3) is 3.02. The van der Waals surface area contributed by atoms with Crippen LogP contribution in [-0.2, 0) is 16.6 Å². The number of aliphatic hydroxyl groups is 1. The molecule has 0 radical (unpaired) electrons. The number of sulfonamides is 1. The number of aliphatic hydroxyl groups excluding tert-OH is 1. The molecule has 2 N–H and O–H groups in total. The zero-order valence-electron chi connectivity index (χ0n) is 9.63. The molecule has 0 bridgehead atoms. The summed E-state index contributed by atoms with van der Waals surface area (Å²) in [7, 11) is -3.53. The van der Waals surface area contributed by atoms with Gasteiger partial charge in [0, 0.05) is 12.2 Å². The van der Waals surface area contributed by atoms with Crippen LogP contribution in [0.25, 0.3) is 0 Å². The van der Waals surface area contributed by atoms with Crippen molar-refractivity contribution in [2.24, 2.45) is 5.92 Å². The lowest BCUT2D eigenvalue weighted by Gasteiger charge is -2.12. The molecule has 1 aliphatic rings. The van der Waals surface area contributed by atoms with E-state index in [-0.39, 0.29) is 17.7 Å². The molecule has 1 aromatic heterocycles. The lowest BCUT2D eigenvalue weighted by atomic mass is 10.2. The van der Waals surface area contributed by atoms with Gasteiger partial charge in [-0.3, -0.25) is 0 Å². The van der Waals surface area contributed by atoms with Crippen molar-refractivity contribution in [3.63, 3.8) is 0 Å². The van der Waals surface area contributed by atoms with E-state index in [0.29, 0.717) is 11.5 Å². The van der Waals surface area contributed by atoms with Crippen LogP contribution in [0.1, 0.15) is 25.3 Å². The van der Waals surface area contributed by atoms with Crippen LogP contribution >= 0.6 is 0 Å². The van der Waals surface area contributed by atoms with Gasteiger partial charge in [-0.2, -0.15) is 0 Å². The van der Waals surface area contributed by atoms with Crippen molar-refractivity contribution in [1.82, 2.24) is 9.71 Å². The number of hydrogen-bond donors (Lipinski definition) is 2. The van der Waals surface area contributed by atoms with Crippen molar-refractivity contribution >= 4 is 10.0 Å². The Morgan fingerprint density at radius 2 is 2.24 bits per heavy atom. The molecule has 0 saturated heterocycles. The van der Waals surface area contributed by atoms with Gasteiger partial charge in [0.2, 0.25) is 0 Å². The van der Waals surface area contributed by atoms with E-state index in [0.717, 1.165) is 12.8 Å². The van der Waals surface area contributed by atoms with Crippen LogP contribution in [0, 0.1) is 5.92 Å². The van der Waals surface area contributed by atoms with E-state index in [2.05, 4.69) is 9.71 Å². The Morgan fingerprint density at radius 1 is 1.53 bits per heavy atom. The number of aromatic nitrogens is 1. The lowest BCUT2D eigenvalue weighted by Crippen LogP contribution is -2.34. The number of nitrogens with one attached hydrogen (secondary N) is 1. The second-order valence-corrected chi connectivity index (χ2v) is 6.07. The Morgan fingerprint density at radius 3 is 2.71 bits per heavy atom. The summed E-state index contributed by atoms with van der Waals surface area (Å²) in [5, 5.41) is 8.85. The first-order valence-corrected chi connectivity index (χ1v) is 7.09. The molecule has 2 rings (SSSR count). The van der Waals surface area contributed by atoms with E-state index < -0.39 is 10.0 Å². The van der Waals surface area contributed by atoms with Crippen LogP contribution in [0.3, 0.4) is 0 Å². The third-order valence-corrected chi connectivity index (χ3v) is 4.40. The van der Waals surface area contributed by atoms with E-state index >= 15 is 0 Å². The number of pyridine rings is 1. The molecule has 1 aromatic rings. The third-order valence-electron chi connectivity index (χ3n) is 2.93. The van der Waals surface area contributed by atoms with Gasteiger partial charge in [0.1, 0.15) is 0 Å². The van der Waals surface area contributed by atoms with Gasteiger partial charge in [-0.1, -0.05) is 6.07 Å². The summed E-state index contributed by atoms with van der Waals surface area (Å²) in [5.41, 5.74) is 0.596. The summed E-state index contributed by atoms with van der Waals surface area (Å²) in [6.45, 7) is 1.73. The van der Waals surface area contributed by atoms with Gasteiger partial charge in [0.25, 0.3) is 10.0 Å². The van der Waals surface area contributed by atoms with Crippen molar-refractivity contribution in [2.45, 2.75) is 37.4 Å². The summed E-state index contributed by atoms with van der Waals surface area (Å²) < 4.78 is 26.5. The van der Waals surface area contributed by atoms with Gasteiger partial charge in [-0.15, -0.1) is 0 Å². The topological polar surface area (TPSA) is 79.3 Å². The minimum atomic E-state index is -3.53. The fourth-order valence-electron chi connectivity index (χ4n) is 1.66. The van der Waals surface area contributed by atoms with Gasteiger partial charge >= 0.3 is 0 Å². The first kappa shape index (κ1) is 12.5. The molecule has 1 atom stereocenters. The molecule has 1 unspecified atom stereocenters. The van der Waals surface area contributed by atoms with Gasteiger partial charge in [-0.05, 0) is 37.3 Å². The SMILES string of the molecule is CC(NS(=O)(=O)c1ccc(CO)cn1)C1CC1. The Balaban J connectivity index is 2.12. The van der Waals surface area contributed by atoms with Gasteiger partial charge < -0.3 is 5.11 Å². The molecule has 1 aliphatic carbocycles. The van der Waals surface area contributed by atoms with E-state index in [4.69, 9.17) is 5.11 Å². The van der Waals surface area contributed by atoms with Gasteiger partial charge in [0.05, 0.1) is 6.61 Å². The van der Waals surface area contributed by atoms with Crippen molar-refractivity contribution in [1.29, 1.82) is 0 Å². The fourth-order valence-corrected chi connectivity index (χ4v) is 2.90. The van der Waals surface area contributed by atoms with Crippen LogP contribution in [0.15, 0.2) is 23.4 Å². The average molecular weight is 256 g/mol. The smallest absolute Gasteiger partial charge is 0.258 e. The maximum absolute atomic E-state index is 11.9. The molecule has 94 valence electrons. The standard InChI is InChI=1S/C11H16N2O3S/c1-8(10-3-4-10)13-17(15,16)11-5-2-9(7-14)6-12-11/h2,5-6,8,10,13-14H,3-4,7H2,1H3. The molecule has 17 heavy (non-hydrogen) atoms. The molecular weight excluding hydrogens is 240 g/mol. The Labute approximate surface area is 101 Å². The van der Waals surface area contributed by atoms with E-state index in [1.165, 1.54) is 12.3 Å². The zero-order chi connectivity index (χ0) is 12.5. The minimum Gasteiger partial charge on any atom is -0.392 e. The van der Waals surface area contributed by atoms with Gasteiger partial charge in [-0.25, -0.2) is 18.1 Å². The second kappa shape index (κ2) is 4.72. The maximum Gasteiger partial charge on any atom is 0.258 e. The van der Waals surface area contributed by atoms with Crippen LogP contribution in [0.2, 0.25) is 0 Å². The summed E-state index contributed by atoms with van der Waals surface area (Å²) in [6.07, 6.45) is 3.54. The maximum atomic E-state index is 11.9. The van der Waals surface area contributed by atoms with Gasteiger partial charge in [0.15, 0.2) is 5.03 Å². The monoisotopic (exact) mass is 256 g/mol. The minimum absolute atomic E-state index is 0.00204. The summed E-state index contributed by atoms with van der Waals surface area (Å²) in [6, 6.07) is 2.93. The largest absolute Gasteiger partial charge is 0.392 e. The molecule has 0 amide bonds. The number of hydrogen-bond acceptors (Lipinski definition) is 4. The lowest BCUT2D eigenvalue weighted by molar-refractivity contribution is 0.281. The Kier molecular flexibility index (Phi) is 3.46. The summed E-state index contributed by atoms with van der Waals surface area (Å²) in [5.74, 6) is 0.460. The molecule has 6 heteroatoms. The second-order valence-electron chi connectivity index (χ2n) is 4.41. The quantitative estimate of drug-likeness (QED) is 0.810. The van der Waals surface area contributed by atoms with Crippen LogP contribution in [0.4, 0.5) is 0 Å². The highest BCUT2D eigenvalue weighted by molar-refractivity contribution is 7.89. The highest BCUT2D eigenvalue weighted by atomic mass is 32.2. The van der Waals surface area contributed by atoms with Crippen molar-refractivity contribution in [3.8, 4) is 0 Å². The zero-order valence-corrected chi connectivity index (χ0v) is 10.4. The molecule has 1 fully saturated rings. The number of rotatable bonds is 5. The van der Waals surface area contributed by atoms with E-state index in [9.17, 15) is 8.42 Å². The predicted molar refractivity (Wildman–Crippen MR) is 62.7 cm³/mol. The molecule has 5 nitrogen and oxygen atoms in total. The first-order chi connectivity index (χ1) is 8.03. The van der Waals surface area contributed by atoms with Crippen molar-refractivity contribution < 1.29 is 13.5 Å². The normalized spacial score (nSPS) is 18.0. The van der Waals surface area contributed by atoms with Crippen molar-refractivity contribution in [2.75, 3.05) is 0 Å². The fraction of sp³-hybridized carbons (Fsp3) is 0.545. The predicted octanol–water partition coefficient (Wildman–Crippen LogP) is 0.651.